The number of benzene rings is 6. The molecule has 264 valence electrons. The number of rotatable bonds is 9. The maximum atomic E-state index is 7.55. The second-order valence-corrected chi connectivity index (χ2v) is 29.8. The van der Waals surface area contributed by atoms with Crippen molar-refractivity contribution in [1.29, 1.82) is 0 Å². The fourth-order valence-electron chi connectivity index (χ4n) is 6.16. The Morgan fingerprint density at radius 2 is 0.654 bits per heavy atom. The van der Waals surface area contributed by atoms with Gasteiger partial charge in [-0.2, -0.15) is 13.5 Å². The summed E-state index contributed by atoms with van der Waals surface area (Å²) in [4.78, 5) is 0. The van der Waals surface area contributed by atoms with Gasteiger partial charge in [-0.25, -0.2) is 13.7 Å². The molecule has 6 aromatic carbocycles. The lowest BCUT2D eigenvalue weighted by atomic mass is 10.4. The molecule has 0 saturated carbocycles. The van der Waals surface area contributed by atoms with Crippen molar-refractivity contribution in [3.8, 4) is 0 Å². The highest BCUT2D eigenvalue weighted by Gasteiger charge is 2.42. The van der Waals surface area contributed by atoms with Crippen LogP contribution in [0.2, 0.25) is 0 Å². The van der Waals surface area contributed by atoms with Gasteiger partial charge in [-0.3, -0.25) is 0 Å². The first-order valence-electron chi connectivity index (χ1n) is 16.4. The average molecular weight is 838 g/mol. The molecule has 1 unspecified atom stereocenters. The molecule has 0 fully saturated rings. The molecular formula is C38H36Cl3N6P5. The van der Waals surface area contributed by atoms with E-state index in [1.54, 1.807) is 0 Å². The molecule has 6 aromatic rings. The summed E-state index contributed by atoms with van der Waals surface area (Å²) in [5, 5.41) is 6.14. The summed E-state index contributed by atoms with van der Waals surface area (Å²) in [5.41, 5.74) is 0. The first-order chi connectivity index (χ1) is 25.1. The number of nitrogens with zero attached hydrogens (tertiary/aromatic N) is 6. The Kier molecular flexibility index (Phi) is 11.3. The minimum absolute atomic E-state index is 1.02. The van der Waals surface area contributed by atoms with Crippen molar-refractivity contribution in [1.82, 2.24) is 4.67 Å². The van der Waals surface area contributed by atoms with Gasteiger partial charge in [-0.15, -0.1) is 0 Å². The van der Waals surface area contributed by atoms with Gasteiger partial charge in [0.25, 0.3) is 5.91 Å². The monoisotopic (exact) mass is 836 g/mol. The molecule has 0 radical (unpaired) electrons. The van der Waals surface area contributed by atoms with Crippen LogP contribution < -0.4 is 31.8 Å². The van der Waals surface area contributed by atoms with E-state index in [1.807, 2.05) is 128 Å². The third-order valence-electron chi connectivity index (χ3n) is 8.48. The average Bonchev–Trinajstić information content (AvgIpc) is 3.17. The fraction of sp³-hybridized carbons (Fsp3) is 0.0526. The molecule has 0 spiro atoms. The fourth-order valence-corrected chi connectivity index (χ4v) is 31.1. The third-order valence-corrected chi connectivity index (χ3v) is 29.9. The molecule has 1 aliphatic rings. The predicted octanol–water partition coefficient (Wildman–Crippen LogP) is 12.5. The molecular weight excluding hydrogens is 802 g/mol. The van der Waals surface area contributed by atoms with E-state index in [4.69, 9.17) is 56.3 Å². The first kappa shape index (κ1) is 37.6. The van der Waals surface area contributed by atoms with E-state index in [2.05, 4.69) is 72.8 Å². The highest BCUT2D eigenvalue weighted by Crippen LogP contribution is 2.87. The molecule has 0 aromatic heterocycles. The van der Waals surface area contributed by atoms with Crippen molar-refractivity contribution < 1.29 is 0 Å². The van der Waals surface area contributed by atoms with Crippen LogP contribution in [-0.2, 0) is 0 Å². The van der Waals surface area contributed by atoms with Gasteiger partial charge in [-0.05, 0) is 47.8 Å². The lowest BCUT2D eigenvalue weighted by Gasteiger charge is -2.35. The number of hydrogen-bond donors (Lipinski definition) is 0. The van der Waals surface area contributed by atoms with E-state index in [0.29, 0.717) is 0 Å². The van der Waals surface area contributed by atoms with Crippen molar-refractivity contribution in [3.63, 3.8) is 0 Å². The van der Waals surface area contributed by atoms with E-state index in [0.717, 1.165) is 31.8 Å². The van der Waals surface area contributed by atoms with Gasteiger partial charge in [0.05, 0.1) is 14.1 Å². The summed E-state index contributed by atoms with van der Waals surface area (Å²) in [7, 11) is -6.02. The SMILES string of the molecule is CN(C)P1(Cl)=NP(Cl)(Cl)=NP(N=P(c2ccccc2)(c2ccccc2)c2ccccc2)(N=P(c2ccccc2)(c2ccccc2)c2ccccc2)=N1. The van der Waals surface area contributed by atoms with Gasteiger partial charge in [0.1, 0.15) is 0 Å². The quantitative estimate of drug-likeness (QED) is 0.134. The largest absolute Gasteiger partial charge is 0.308 e. The van der Waals surface area contributed by atoms with Gasteiger partial charge < -0.3 is 0 Å². The van der Waals surface area contributed by atoms with Gasteiger partial charge in [0, 0.05) is 31.8 Å². The minimum atomic E-state index is -3.76. The highest BCUT2D eigenvalue weighted by atomic mass is 35.9. The lowest BCUT2D eigenvalue weighted by molar-refractivity contribution is 0.680. The van der Waals surface area contributed by atoms with Crippen LogP contribution in [0.25, 0.3) is 0 Å². The maximum Gasteiger partial charge on any atom is 0.308 e. The Morgan fingerprint density at radius 3 is 0.885 bits per heavy atom. The molecule has 7 rings (SSSR count). The van der Waals surface area contributed by atoms with Crippen LogP contribution in [0.3, 0.4) is 0 Å². The Balaban J connectivity index is 1.82. The van der Waals surface area contributed by atoms with E-state index in [-0.39, 0.29) is 0 Å². The van der Waals surface area contributed by atoms with E-state index in [9.17, 15) is 0 Å². The summed E-state index contributed by atoms with van der Waals surface area (Å²) < 4.78 is 29.6. The molecule has 0 N–H and O–H groups in total. The molecule has 0 saturated heterocycles. The summed E-state index contributed by atoms with van der Waals surface area (Å²) in [6, 6.07) is 62.3. The molecule has 1 heterocycles. The van der Waals surface area contributed by atoms with Crippen molar-refractivity contribution in [2.24, 2.45) is 22.6 Å². The van der Waals surface area contributed by atoms with E-state index in [1.165, 1.54) is 0 Å². The third kappa shape index (κ3) is 7.37. The summed E-state index contributed by atoms with van der Waals surface area (Å²) in [6.45, 7) is -3.26. The van der Waals surface area contributed by atoms with Gasteiger partial charge in [0.15, 0.2) is 0 Å². The standard InChI is InChI=1S/C38H36Cl3N6P5/c1-47(2)51(41)44-50(39,40)45-52(46-51,42-48(33-21-9-3-10-22-33,34-23-11-4-12-24-34)35-25-13-5-14-26-35)43-49(36-27-15-6-16-28-36,37-29-17-7-18-30-37)38-31-19-8-20-32-38/h3-32H,1-2H3. The summed E-state index contributed by atoms with van der Waals surface area (Å²) >= 11 is 22.0. The van der Waals surface area contributed by atoms with Crippen LogP contribution >= 0.6 is 68.0 Å². The van der Waals surface area contributed by atoms with Crippen molar-refractivity contribution in [2.45, 2.75) is 0 Å². The van der Waals surface area contributed by atoms with Crippen molar-refractivity contribution in [2.75, 3.05) is 14.1 Å². The molecule has 0 amide bonds. The maximum absolute atomic E-state index is 7.55. The Labute approximate surface area is 321 Å². The van der Waals surface area contributed by atoms with E-state index >= 15 is 0 Å². The van der Waals surface area contributed by atoms with E-state index < -0.39 is 34.2 Å². The molecule has 52 heavy (non-hydrogen) atoms. The molecule has 1 atom stereocenters. The first-order valence-corrected chi connectivity index (χ1v) is 27.5. The smallest absolute Gasteiger partial charge is 0.246 e. The summed E-state index contributed by atoms with van der Waals surface area (Å²) in [6.07, 6.45) is 0. The van der Waals surface area contributed by atoms with Gasteiger partial charge in [-0.1, -0.05) is 182 Å². The van der Waals surface area contributed by atoms with Crippen LogP contribution in [0.15, 0.2) is 205 Å². The zero-order valence-electron chi connectivity index (χ0n) is 28.4. The summed E-state index contributed by atoms with van der Waals surface area (Å²) in [5.74, 6) is -3.48. The van der Waals surface area contributed by atoms with Crippen molar-refractivity contribution >= 4 is 99.8 Å². The van der Waals surface area contributed by atoms with Crippen LogP contribution in [0.5, 0.6) is 0 Å². The normalized spacial score (nSPS) is 18.0. The van der Waals surface area contributed by atoms with Crippen LogP contribution in [0, 0.1) is 0 Å². The van der Waals surface area contributed by atoms with Crippen LogP contribution in [0.1, 0.15) is 0 Å². The lowest BCUT2D eigenvalue weighted by Crippen LogP contribution is -2.26. The predicted molar refractivity (Wildman–Crippen MR) is 234 cm³/mol. The second-order valence-electron chi connectivity index (χ2n) is 12.1. The molecule has 1 aliphatic heterocycles. The van der Waals surface area contributed by atoms with Crippen molar-refractivity contribution in [3.05, 3.63) is 182 Å². The number of hydrogen-bond acceptors (Lipinski definition) is 6. The highest BCUT2D eigenvalue weighted by molar-refractivity contribution is 8.16. The Morgan fingerprint density at radius 1 is 0.404 bits per heavy atom. The minimum Gasteiger partial charge on any atom is -0.246 e. The van der Waals surface area contributed by atoms with Gasteiger partial charge in [0.2, 0.25) is 6.71 Å². The molecule has 0 aliphatic carbocycles. The molecule has 0 bridgehead atoms. The number of halogens is 3. The van der Waals surface area contributed by atoms with Gasteiger partial charge >= 0.3 is 7.51 Å². The zero-order valence-corrected chi connectivity index (χ0v) is 35.1. The second kappa shape index (κ2) is 15.6. The Bertz CT molecular complexity index is 2110. The Hall–Kier alpha value is -2.70. The topological polar surface area (TPSA) is 65.0 Å². The van der Waals surface area contributed by atoms with Crippen LogP contribution in [-0.4, -0.2) is 18.8 Å². The molecule has 6 nitrogen and oxygen atoms in total. The van der Waals surface area contributed by atoms with Crippen LogP contribution in [0.4, 0.5) is 0 Å². The molecule has 14 heteroatoms. The zero-order chi connectivity index (χ0) is 36.3.